The molecule has 0 fully saturated rings. The average molecular weight is 375 g/mol. The average Bonchev–Trinajstić information content (AvgIpc) is 2.70. The minimum atomic E-state index is 0.620. The zero-order chi connectivity index (χ0) is 19.6. The highest BCUT2D eigenvalue weighted by Gasteiger charge is 2.13. The summed E-state index contributed by atoms with van der Waals surface area (Å²) in [6.07, 6.45) is 22.5. The van der Waals surface area contributed by atoms with Crippen molar-refractivity contribution in [3.63, 3.8) is 0 Å². The van der Waals surface area contributed by atoms with Crippen LogP contribution < -0.4 is 0 Å². The summed E-state index contributed by atoms with van der Waals surface area (Å²) in [4.78, 5) is 0. The van der Waals surface area contributed by atoms with Gasteiger partial charge in [-0.3, -0.25) is 0 Å². The highest BCUT2D eigenvalue weighted by molar-refractivity contribution is 5.11. The molecule has 0 radical (unpaired) electrons. The topological polar surface area (TPSA) is 25.8 Å². The summed E-state index contributed by atoms with van der Waals surface area (Å²) in [5.74, 6) is 0.620. The highest BCUT2D eigenvalue weighted by Crippen LogP contribution is 2.27. The van der Waals surface area contributed by atoms with Crippen molar-refractivity contribution >= 4 is 0 Å². The van der Waals surface area contributed by atoms with Crippen molar-refractivity contribution in [2.75, 3.05) is 0 Å². The van der Waals surface area contributed by atoms with E-state index in [1.54, 1.807) is 0 Å². The maximum absolute atomic E-state index is 4.66. The van der Waals surface area contributed by atoms with Gasteiger partial charge in [-0.05, 0) is 37.8 Å². The standard InChI is InChI=1S/C25H46N2/c1-4-7-10-13-16-19-23(18-15-12-9-6-3)25-22-21-24(26-27-25)20-17-14-11-8-5-2/h21-23H,4-20H2,1-3H3. The van der Waals surface area contributed by atoms with Crippen molar-refractivity contribution in [3.05, 3.63) is 23.5 Å². The molecule has 0 aliphatic carbocycles. The van der Waals surface area contributed by atoms with Gasteiger partial charge in [-0.25, -0.2) is 0 Å². The van der Waals surface area contributed by atoms with E-state index >= 15 is 0 Å². The van der Waals surface area contributed by atoms with Crippen LogP contribution in [-0.2, 0) is 6.42 Å². The Balaban J connectivity index is 2.46. The third kappa shape index (κ3) is 12.2. The van der Waals surface area contributed by atoms with Gasteiger partial charge in [0.15, 0.2) is 0 Å². The summed E-state index contributed by atoms with van der Waals surface area (Å²) in [6.45, 7) is 6.85. The fraction of sp³-hybridized carbons (Fsp3) is 0.840. The summed E-state index contributed by atoms with van der Waals surface area (Å²) in [6, 6.07) is 4.53. The molecular formula is C25H46N2. The quantitative estimate of drug-likeness (QED) is 0.241. The SMILES string of the molecule is CCCCCCCc1ccc(C(CCCCCC)CCCCCCC)nn1. The van der Waals surface area contributed by atoms with Gasteiger partial charge in [-0.2, -0.15) is 10.2 Å². The van der Waals surface area contributed by atoms with Gasteiger partial charge < -0.3 is 0 Å². The van der Waals surface area contributed by atoms with E-state index in [1.165, 1.54) is 114 Å². The number of rotatable bonds is 18. The minimum absolute atomic E-state index is 0.620. The molecule has 0 amide bonds. The maximum atomic E-state index is 4.66. The lowest BCUT2D eigenvalue weighted by Gasteiger charge is -2.16. The Kier molecular flexibility index (Phi) is 15.4. The van der Waals surface area contributed by atoms with Crippen molar-refractivity contribution in [1.82, 2.24) is 10.2 Å². The van der Waals surface area contributed by atoms with Gasteiger partial charge in [-0.1, -0.05) is 104 Å². The molecule has 1 heterocycles. The lowest BCUT2D eigenvalue weighted by Crippen LogP contribution is -2.05. The summed E-state index contributed by atoms with van der Waals surface area (Å²) < 4.78 is 0. The lowest BCUT2D eigenvalue weighted by molar-refractivity contribution is 0.481. The van der Waals surface area contributed by atoms with Crippen LogP contribution in [0.2, 0.25) is 0 Å². The molecule has 0 aromatic carbocycles. The van der Waals surface area contributed by atoms with Crippen LogP contribution in [0, 0.1) is 0 Å². The van der Waals surface area contributed by atoms with Gasteiger partial charge in [0.1, 0.15) is 0 Å². The van der Waals surface area contributed by atoms with Crippen molar-refractivity contribution < 1.29 is 0 Å². The van der Waals surface area contributed by atoms with Gasteiger partial charge in [-0.15, -0.1) is 0 Å². The molecule has 156 valence electrons. The molecule has 2 nitrogen and oxygen atoms in total. The molecule has 1 unspecified atom stereocenters. The first-order valence-corrected chi connectivity index (χ1v) is 12.1. The van der Waals surface area contributed by atoms with E-state index in [1.807, 2.05) is 0 Å². The predicted molar refractivity (Wildman–Crippen MR) is 119 cm³/mol. The molecule has 1 aromatic rings. The number of nitrogens with zero attached hydrogens (tertiary/aromatic N) is 2. The number of unbranched alkanes of at least 4 members (excludes halogenated alkanes) is 11. The zero-order valence-electron chi connectivity index (χ0n) is 18.6. The molecule has 1 rings (SSSR count). The Labute approximate surface area is 170 Å². The van der Waals surface area contributed by atoms with E-state index in [-0.39, 0.29) is 0 Å². The van der Waals surface area contributed by atoms with Crippen LogP contribution in [0.3, 0.4) is 0 Å². The van der Waals surface area contributed by atoms with Crippen LogP contribution in [0.15, 0.2) is 12.1 Å². The summed E-state index contributed by atoms with van der Waals surface area (Å²) in [5.41, 5.74) is 2.43. The molecule has 2 heteroatoms. The first kappa shape index (κ1) is 24.1. The molecule has 0 aliphatic heterocycles. The van der Waals surface area contributed by atoms with Gasteiger partial charge in [0.2, 0.25) is 0 Å². The summed E-state index contributed by atoms with van der Waals surface area (Å²) in [7, 11) is 0. The van der Waals surface area contributed by atoms with E-state index in [2.05, 4.69) is 43.1 Å². The largest absolute Gasteiger partial charge is 0.155 e. The number of aromatic nitrogens is 2. The van der Waals surface area contributed by atoms with Gasteiger partial charge in [0, 0.05) is 5.92 Å². The third-order valence-electron chi connectivity index (χ3n) is 5.76. The molecule has 0 aliphatic rings. The van der Waals surface area contributed by atoms with Crippen LogP contribution in [0.1, 0.15) is 141 Å². The van der Waals surface area contributed by atoms with E-state index < -0.39 is 0 Å². The highest BCUT2D eigenvalue weighted by atomic mass is 15.1. The number of aryl methyl sites for hydroxylation is 1. The fourth-order valence-corrected chi connectivity index (χ4v) is 3.88. The predicted octanol–water partition coefficient (Wildman–Crippen LogP) is 8.40. The zero-order valence-corrected chi connectivity index (χ0v) is 18.6. The number of hydrogen-bond donors (Lipinski definition) is 0. The van der Waals surface area contributed by atoms with E-state index in [0.717, 1.165) is 6.42 Å². The van der Waals surface area contributed by atoms with Crippen molar-refractivity contribution in [3.8, 4) is 0 Å². The van der Waals surface area contributed by atoms with Crippen molar-refractivity contribution in [1.29, 1.82) is 0 Å². The Bertz CT molecular complexity index is 426. The molecule has 27 heavy (non-hydrogen) atoms. The lowest BCUT2D eigenvalue weighted by atomic mass is 9.91. The molecule has 0 saturated heterocycles. The Morgan fingerprint density at radius 1 is 0.593 bits per heavy atom. The molecule has 1 aromatic heterocycles. The molecule has 0 saturated carbocycles. The van der Waals surface area contributed by atoms with Crippen LogP contribution in [-0.4, -0.2) is 10.2 Å². The first-order valence-electron chi connectivity index (χ1n) is 12.1. The van der Waals surface area contributed by atoms with E-state index in [4.69, 9.17) is 0 Å². The van der Waals surface area contributed by atoms with Gasteiger partial charge in [0.25, 0.3) is 0 Å². The third-order valence-corrected chi connectivity index (χ3v) is 5.76. The maximum Gasteiger partial charge on any atom is 0.0662 e. The molecule has 1 atom stereocenters. The second kappa shape index (κ2) is 17.2. The van der Waals surface area contributed by atoms with Crippen molar-refractivity contribution in [2.45, 2.75) is 136 Å². The summed E-state index contributed by atoms with van der Waals surface area (Å²) >= 11 is 0. The van der Waals surface area contributed by atoms with Crippen molar-refractivity contribution in [2.24, 2.45) is 0 Å². The van der Waals surface area contributed by atoms with Crippen LogP contribution in [0.5, 0.6) is 0 Å². The monoisotopic (exact) mass is 374 g/mol. The summed E-state index contributed by atoms with van der Waals surface area (Å²) in [5, 5.41) is 9.23. The molecule has 0 spiro atoms. The van der Waals surface area contributed by atoms with Gasteiger partial charge in [0.05, 0.1) is 11.4 Å². The van der Waals surface area contributed by atoms with Crippen LogP contribution in [0.25, 0.3) is 0 Å². The number of hydrogen-bond acceptors (Lipinski definition) is 2. The normalized spacial score (nSPS) is 12.4. The van der Waals surface area contributed by atoms with Crippen LogP contribution >= 0.6 is 0 Å². The Hall–Kier alpha value is -0.920. The fourth-order valence-electron chi connectivity index (χ4n) is 3.88. The van der Waals surface area contributed by atoms with Gasteiger partial charge >= 0.3 is 0 Å². The van der Waals surface area contributed by atoms with E-state index in [9.17, 15) is 0 Å². The second-order valence-electron chi connectivity index (χ2n) is 8.36. The van der Waals surface area contributed by atoms with Crippen LogP contribution in [0.4, 0.5) is 0 Å². The Morgan fingerprint density at radius 3 is 1.63 bits per heavy atom. The minimum Gasteiger partial charge on any atom is -0.155 e. The molecule has 0 N–H and O–H groups in total. The Morgan fingerprint density at radius 2 is 1.11 bits per heavy atom. The molecular weight excluding hydrogens is 328 g/mol. The second-order valence-corrected chi connectivity index (χ2v) is 8.36. The van der Waals surface area contributed by atoms with E-state index in [0.29, 0.717) is 5.92 Å². The smallest absolute Gasteiger partial charge is 0.0662 e. The first-order chi connectivity index (χ1) is 13.3. The molecule has 0 bridgehead atoms.